The largest absolute Gasteiger partial charge is 0.489 e. The second kappa shape index (κ2) is 5.32. The Morgan fingerprint density at radius 2 is 1.94 bits per heavy atom. The molecule has 0 aromatic heterocycles. The molecule has 0 aliphatic heterocycles. The van der Waals surface area contributed by atoms with Crippen LogP contribution in [0.3, 0.4) is 0 Å². The minimum Gasteiger partial charge on any atom is -0.489 e. The molecule has 0 radical (unpaired) electrons. The minimum atomic E-state index is -0.263. The third-order valence-electron chi connectivity index (χ3n) is 2.35. The van der Waals surface area contributed by atoms with Gasteiger partial charge in [0, 0.05) is 11.6 Å². The first-order chi connectivity index (χ1) is 8.29. The van der Waals surface area contributed by atoms with Crippen molar-refractivity contribution in [2.75, 3.05) is 5.43 Å². The first kappa shape index (κ1) is 11.4. The molecular weight excluding hydrogens is 219 g/mol. The summed E-state index contributed by atoms with van der Waals surface area (Å²) >= 11 is 0. The Labute approximate surface area is 99.0 Å². The summed E-state index contributed by atoms with van der Waals surface area (Å²) in [5.41, 5.74) is 3.80. The van der Waals surface area contributed by atoms with E-state index in [4.69, 9.17) is 10.6 Å². The number of hydrogen-bond donors (Lipinski definition) is 2. The summed E-state index contributed by atoms with van der Waals surface area (Å²) < 4.78 is 18.8. The van der Waals surface area contributed by atoms with Gasteiger partial charge in [-0.15, -0.1) is 0 Å². The third-order valence-corrected chi connectivity index (χ3v) is 2.35. The van der Waals surface area contributed by atoms with Gasteiger partial charge in [0.15, 0.2) is 0 Å². The van der Waals surface area contributed by atoms with Gasteiger partial charge in [-0.1, -0.05) is 24.3 Å². The van der Waals surface area contributed by atoms with Crippen molar-refractivity contribution in [3.05, 3.63) is 59.9 Å². The molecule has 0 fully saturated rings. The van der Waals surface area contributed by atoms with Gasteiger partial charge in [-0.25, -0.2) is 4.39 Å². The highest BCUT2D eigenvalue weighted by Crippen LogP contribution is 2.18. The lowest BCUT2D eigenvalue weighted by Gasteiger charge is -2.08. The van der Waals surface area contributed by atoms with Crippen LogP contribution in [0.4, 0.5) is 10.1 Å². The number of nitrogens with two attached hydrogens (primary N) is 1. The third kappa shape index (κ3) is 2.95. The molecule has 4 heteroatoms. The second-order valence-electron chi connectivity index (χ2n) is 3.55. The van der Waals surface area contributed by atoms with Crippen LogP contribution in [0.15, 0.2) is 48.5 Å². The molecule has 0 saturated heterocycles. The quantitative estimate of drug-likeness (QED) is 0.629. The van der Waals surface area contributed by atoms with Crippen molar-refractivity contribution >= 4 is 5.69 Å². The zero-order chi connectivity index (χ0) is 12.1. The van der Waals surface area contributed by atoms with Crippen molar-refractivity contribution in [1.82, 2.24) is 0 Å². The molecule has 2 rings (SSSR count). The van der Waals surface area contributed by atoms with Crippen LogP contribution in [0.5, 0.6) is 5.75 Å². The monoisotopic (exact) mass is 232 g/mol. The predicted molar refractivity (Wildman–Crippen MR) is 65.0 cm³/mol. The number of anilines is 1. The van der Waals surface area contributed by atoms with E-state index >= 15 is 0 Å². The van der Waals surface area contributed by atoms with Crippen LogP contribution >= 0.6 is 0 Å². The topological polar surface area (TPSA) is 47.3 Å². The molecular formula is C13H13FN2O. The summed E-state index contributed by atoms with van der Waals surface area (Å²) in [5, 5.41) is 0. The van der Waals surface area contributed by atoms with E-state index in [1.807, 2.05) is 12.1 Å². The Kier molecular flexibility index (Phi) is 3.57. The Hall–Kier alpha value is -2.07. The average Bonchev–Trinajstić information content (AvgIpc) is 2.38. The molecule has 17 heavy (non-hydrogen) atoms. The molecule has 0 amide bonds. The van der Waals surface area contributed by atoms with Crippen molar-refractivity contribution in [2.24, 2.45) is 5.84 Å². The van der Waals surface area contributed by atoms with Crippen LogP contribution in [-0.4, -0.2) is 0 Å². The number of ether oxygens (including phenoxy) is 1. The summed E-state index contributed by atoms with van der Waals surface area (Å²) in [6, 6.07) is 13.7. The summed E-state index contributed by atoms with van der Waals surface area (Å²) in [6.45, 7) is 0.195. The number of rotatable bonds is 4. The number of nitrogens with one attached hydrogen (secondary N) is 1. The maximum Gasteiger partial charge on any atom is 0.129 e. The van der Waals surface area contributed by atoms with Crippen LogP contribution in [0, 0.1) is 5.82 Å². The fraction of sp³-hybridized carbons (Fsp3) is 0.0769. The van der Waals surface area contributed by atoms with E-state index in [9.17, 15) is 4.39 Å². The molecule has 2 aromatic carbocycles. The van der Waals surface area contributed by atoms with Crippen LogP contribution in [0.25, 0.3) is 0 Å². The van der Waals surface area contributed by atoms with E-state index in [0.29, 0.717) is 11.3 Å². The summed E-state index contributed by atoms with van der Waals surface area (Å²) in [6.07, 6.45) is 0. The van der Waals surface area contributed by atoms with E-state index in [1.54, 1.807) is 30.3 Å². The molecule has 0 unspecified atom stereocenters. The fourth-order valence-electron chi connectivity index (χ4n) is 1.45. The van der Waals surface area contributed by atoms with Crippen LogP contribution in [0.2, 0.25) is 0 Å². The maximum absolute atomic E-state index is 13.3. The molecule has 3 N–H and O–H groups in total. The average molecular weight is 232 g/mol. The Balaban J connectivity index is 2.05. The van der Waals surface area contributed by atoms with Gasteiger partial charge >= 0.3 is 0 Å². The molecule has 0 bridgehead atoms. The van der Waals surface area contributed by atoms with Crippen LogP contribution < -0.4 is 16.0 Å². The molecule has 0 saturated carbocycles. The zero-order valence-electron chi connectivity index (χ0n) is 9.19. The van der Waals surface area contributed by atoms with Gasteiger partial charge in [0.2, 0.25) is 0 Å². The molecule has 0 spiro atoms. The normalized spacial score (nSPS) is 10.0. The van der Waals surface area contributed by atoms with Gasteiger partial charge in [-0.3, -0.25) is 5.84 Å². The lowest BCUT2D eigenvalue weighted by molar-refractivity contribution is 0.300. The summed E-state index contributed by atoms with van der Waals surface area (Å²) in [7, 11) is 0. The van der Waals surface area contributed by atoms with Crippen molar-refractivity contribution in [1.29, 1.82) is 0 Å². The minimum absolute atomic E-state index is 0.195. The molecule has 3 nitrogen and oxygen atoms in total. The highest BCUT2D eigenvalue weighted by atomic mass is 19.1. The number of halogens is 1. The second-order valence-corrected chi connectivity index (χ2v) is 3.55. The fourth-order valence-corrected chi connectivity index (χ4v) is 1.45. The van der Waals surface area contributed by atoms with Crippen LogP contribution in [-0.2, 0) is 6.61 Å². The first-order valence-corrected chi connectivity index (χ1v) is 5.22. The standard InChI is InChI=1S/C13H13FN2O/c14-13-7-2-1-4-10(13)9-17-12-6-3-5-11(8-12)16-15/h1-8,16H,9,15H2. The molecule has 0 heterocycles. The van der Waals surface area contributed by atoms with Crippen molar-refractivity contribution in [2.45, 2.75) is 6.61 Å². The summed E-state index contributed by atoms with van der Waals surface area (Å²) in [4.78, 5) is 0. The molecule has 0 aliphatic rings. The smallest absolute Gasteiger partial charge is 0.129 e. The summed E-state index contributed by atoms with van der Waals surface area (Å²) in [5.74, 6) is 5.66. The van der Waals surface area contributed by atoms with E-state index < -0.39 is 0 Å². The Morgan fingerprint density at radius 3 is 2.71 bits per heavy atom. The lowest BCUT2D eigenvalue weighted by Crippen LogP contribution is -2.06. The molecule has 88 valence electrons. The zero-order valence-corrected chi connectivity index (χ0v) is 9.19. The van der Waals surface area contributed by atoms with Crippen LogP contribution in [0.1, 0.15) is 5.56 Å². The van der Waals surface area contributed by atoms with E-state index in [2.05, 4.69) is 5.43 Å². The van der Waals surface area contributed by atoms with Gasteiger partial charge < -0.3 is 10.2 Å². The molecule has 0 aliphatic carbocycles. The first-order valence-electron chi connectivity index (χ1n) is 5.22. The molecule has 0 atom stereocenters. The highest BCUT2D eigenvalue weighted by molar-refractivity contribution is 5.47. The van der Waals surface area contributed by atoms with E-state index in [-0.39, 0.29) is 12.4 Å². The molecule has 2 aromatic rings. The highest BCUT2D eigenvalue weighted by Gasteiger charge is 2.01. The van der Waals surface area contributed by atoms with Gasteiger partial charge in [0.25, 0.3) is 0 Å². The number of hydrogen-bond acceptors (Lipinski definition) is 3. The van der Waals surface area contributed by atoms with Gasteiger partial charge in [0.05, 0.1) is 5.69 Å². The number of hydrazine groups is 1. The van der Waals surface area contributed by atoms with E-state index in [0.717, 1.165) is 5.69 Å². The number of benzene rings is 2. The Morgan fingerprint density at radius 1 is 1.12 bits per heavy atom. The van der Waals surface area contributed by atoms with Gasteiger partial charge in [-0.05, 0) is 18.2 Å². The van der Waals surface area contributed by atoms with Crippen molar-refractivity contribution in [3.8, 4) is 5.75 Å². The van der Waals surface area contributed by atoms with Gasteiger partial charge in [-0.2, -0.15) is 0 Å². The van der Waals surface area contributed by atoms with Crippen molar-refractivity contribution < 1.29 is 9.13 Å². The maximum atomic E-state index is 13.3. The Bertz CT molecular complexity index is 502. The predicted octanol–water partition coefficient (Wildman–Crippen LogP) is 2.69. The van der Waals surface area contributed by atoms with Gasteiger partial charge in [0.1, 0.15) is 18.2 Å². The SMILES string of the molecule is NNc1cccc(OCc2ccccc2F)c1. The van der Waals surface area contributed by atoms with Crippen molar-refractivity contribution in [3.63, 3.8) is 0 Å². The van der Waals surface area contributed by atoms with E-state index in [1.165, 1.54) is 6.07 Å². The number of nitrogen functional groups attached to an aromatic ring is 1. The lowest BCUT2D eigenvalue weighted by atomic mass is 10.2.